The van der Waals surface area contributed by atoms with E-state index < -0.39 is 5.97 Å². The van der Waals surface area contributed by atoms with Gasteiger partial charge < -0.3 is 10.2 Å². The average Bonchev–Trinajstić information content (AvgIpc) is 2.77. The molecule has 0 saturated carbocycles. The molecule has 0 amide bonds. The first kappa shape index (κ1) is 31.4. The summed E-state index contributed by atoms with van der Waals surface area (Å²) in [6.07, 6.45) is 32.4. The predicted molar refractivity (Wildman–Crippen MR) is 139 cm³/mol. The minimum atomic E-state index is -0.656. The molecule has 0 rings (SSSR count). The fraction of sp³-hybridized carbons (Fsp3) is 0.966. The number of aliphatic hydroxyl groups is 1. The van der Waals surface area contributed by atoms with Crippen molar-refractivity contribution < 1.29 is 15.0 Å². The lowest BCUT2D eigenvalue weighted by atomic mass is 10.0. The molecular formula is C29H58O3. The van der Waals surface area contributed by atoms with Crippen LogP contribution >= 0.6 is 0 Å². The molecule has 32 heavy (non-hydrogen) atoms. The van der Waals surface area contributed by atoms with E-state index in [2.05, 4.69) is 6.92 Å². The molecule has 2 N–H and O–H groups in total. The second-order valence-corrected chi connectivity index (χ2v) is 10.2. The van der Waals surface area contributed by atoms with Crippen LogP contribution in [0.4, 0.5) is 0 Å². The van der Waals surface area contributed by atoms with Crippen molar-refractivity contribution in [1.82, 2.24) is 0 Å². The molecule has 0 bridgehead atoms. The number of hydrogen-bond donors (Lipinski definition) is 2. The maximum atomic E-state index is 10.4. The monoisotopic (exact) mass is 454 g/mol. The number of unbranched alkanes of at least 4 members (excludes halogenated alkanes) is 21. The van der Waals surface area contributed by atoms with Gasteiger partial charge in [0.15, 0.2) is 0 Å². The van der Waals surface area contributed by atoms with Crippen molar-refractivity contribution in [2.45, 2.75) is 180 Å². The van der Waals surface area contributed by atoms with E-state index in [4.69, 9.17) is 5.11 Å². The molecule has 0 aliphatic rings. The summed E-state index contributed by atoms with van der Waals surface area (Å²) in [6, 6.07) is 0. The quantitative estimate of drug-likeness (QED) is 0.121. The standard InChI is InChI=1S/C29H58O3/c1-2-3-4-22-25-28(30)26-23-20-18-16-14-12-10-8-6-5-7-9-11-13-15-17-19-21-24-27-29(31)32/h28,30H,2-27H2,1H3,(H,31,32). The summed E-state index contributed by atoms with van der Waals surface area (Å²) < 4.78 is 0. The van der Waals surface area contributed by atoms with Gasteiger partial charge in [0.25, 0.3) is 0 Å². The van der Waals surface area contributed by atoms with Crippen LogP contribution in [0.1, 0.15) is 174 Å². The van der Waals surface area contributed by atoms with Crippen LogP contribution < -0.4 is 0 Å². The van der Waals surface area contributed by atoms with Gasteiger partial charge in [-0.1, -0.05) is 148 Å². The Morgan fingerprint density at radius 2 is 0.781 bits per heavy atom. The van der Waals surface area contributed by atoms with Gasteiger partial charge in [0.05, 0.1) is 6.10 Å². The van der Waals surface area contributed by atoms with Gasteiger partial charge in [0, 0.05) is 6.42 Å². The molecule has 0 spiro atoms. The van der Waals surface area contributed by atoms with Crippen molar-refractivity contribution in [1.29, 1.82) is 0 Å². The van der Waals surface area contributed by atoms with Crippen LogP contribution in [0, 0.1) is 0 Å². The van der Waals surface area contributed by atoms with Crippen molar-refractivity contribution in [3.05, 3.63) is 0 Å². The number of carboxylic acids is 1. The van der Waals surface area contributed by atoms with Crippen LogP contribution in [0.15, 0.2) is 0 Å². The van der Waals surface area contributed by atoms with Crippen LogP contribution in [0.5, 0.6) is 0 Å². The van der Waals surface area contributed by atoms with E-state index in [9.17, 15) is 9.90 Å². The van der Waals surface area contributed by atoms with Gasteiger partial charge in [-0.25, -0.2) is 0 Å². The Morgan fingerprint density at radius 3 is 1.09 bits per heavy atom. The lowest BCUT2D eigenvalue weighted by Crippen LogP contribution is -2.05. The minimum absolute atomic E-state index is 0.0475. The Bertz CT molecular complexity index is 369. The van der Waals surface area contributed by atoms with Crippen LogP contribution in [-0.2, 0) is 4.79 Å². The summed E-state index contributed by atoms with van der Waals surface area (Å²) in [5, 5.41) is 18.6. The third-order valence-electron chi connectivity index (χ3n) is 6.82. The third kappa shape index (κ3) is 27.5. The van der Waals surface area contributed by atoms with Gasteiger partial charge in [0.1, 0.15) is 0 Å². The molecule has 1 unspecified atom stereocenters. The molecule has 1 atom stereocenters. The molecule has 0 fully saturated rings. The first-order valence-electron chi connectivity index (χ1n) is 14.6. The van der Waals surface area contributed by atoms with Gasteiger partial charge in [-0.15, -0.1) is 0 Å². The molecule has 0 aromatic carbocycles. The van der Waals surface area contributed by atoms with E-state index in [0.29, 0.717) is 6.42 Å². The van der Waals surface area contributed by atoms with Crippen LogP contribution in [0.2, 0.25) is 0 Å². The summed E-state index contributed by atoms with van der Waals surface area (Å²) in [6.45, 7) is 2.24. The van der Waals surface area contributed by atoms with E-state index in [1.807, 2.05) is 0 Å². The fourth-order valence-electron chi connectivity index (χ4n) is 4.61. The number of carboxylic acid groups (broad SMARTS) is 1. The zero-order chi connectivity index (χ0) is 23.5. The molecule has 0 aromatic heterocycles. The van der Waals surface area contributed by atoms with E-state index >= 15 is 0 Å². The smallest absolute Gasteiger partial charge is 0.303 e. The second kappa shape index (κ2) is 26.7. The van der Waals surface area contributed by atoms with Crippen molar-refractivity contribution in [3.8, 4) is 0 Å². The van der Waals surface area contributed by atoms with Crippen molar-refractivity contribution in [3.63, 3.8) is 0 Å². The summed E-state index contributed by atoms with van der Waals surface area (Å²) in [4.78, 5) is 10.4. The van der Waals surface area contributed by atoms with Gasteiger partial charge in [-0.3, -0.25) is 4.79 Å². The first-order valence-corrected chi connectivity index (χ1v) is 14.6. The third-order valence-corrected chi connectivity index (χ3v) is 6.82. The van der Waals surface area contributed by atoms with E-state index in [1.165, 1.54) is 135 Å². The largest absolute Gasteiger partial charge is 0.481 e. The molecule has 192 valence electrons. The molecule has 0 aliphatic carbocycles. The minimum Gasteiger partial charge on any atom is -0.481 e. The van der Waals surface area contributed by atoms with Crippen LogP contribution in [0.3, 0.4) is 0 Å². The molecule has 0 saturated heterocycles. The Labute approximate surface area is 201 Å². The SMILES string of the molecule is CCCCCCC(O)CCCCCCCCCCCCCCCCCCCCCC(=O)O. The van der Waals surface area contributed by atoms with Gasteiger partial charge in [0.2, 0.25) is 0 Å². The highest BCUT2D eigenvalue weighted by molar-refractivity contribution is 5.66. The Kier molecular flexibility index (Phi) is 26.2. The van der Waals surface area contributed by atoms with Crippen molar-refractivity contribution in [2.24, 2.45) is 0 Å². The van der Waals surface area contributed by atoms with Gasteiger partial charge in [-0.05, 0) is 19.3 Å². The van der Waals surface area contributed by atoms with Gasteiger partial charge in [-0.2, -0.15) is 0 Å². The van der Waals surface area contributed by atoms with Crippen molar-refractivity contribution >= 4 is 5.97 Å². The molecule has 3 heteroatoms. The van der Waals surface area contributed by atoms with Crippen LogP contribution in [0.25, 0.3) is 0 Å². The highest BCUT2D eigenvalue weighted by atomic mass is 16.4. The Balaban J connectivity index is 3.08. The van der Waals surface area contributed by atoms with E-state index in [-0.39, 0.29) is 6.10 Å². The average molecular weight is 455 g/mol. The number of carbonyl (C=O) groups is 1. The normalized spacial score (nSPS) is 12.3. The van der Waals surface area contributed by atoms with E-state index in [0.717, 1.165) is 25.7 Å². The van der Waals surface area contributed by atoms with Gasteiger partial charge >= 0.3 is 5.97 Å². The Morgan fingerprint density at radius 1 is 0.500 bits per heavy atom. The number of aliphatic carboxylic acids is 1. The number of hydrogen-bond acceptors (Lipinski definition) is 2. The number of aliphatic hydroxyl groups excluding tert-OH is 1. The maximum Gasteiger partial charge on any atom is 0.303 e. The van der Waals surface area contributed by atoms with E-state index in [1.54, 1.807) is 0 Å². The lowest BCUT2D eigenvalue weighted by molar-refractivity contribution is -0.137. The Hall–Kier alpha value is -0.570. The summed E-state index contributed by atoms with van der Waals surface area (Å²) in [5.41, 5.74) is 0. The van der Waals surface area contributed by atoms with Crippen LogP contribution in [-0.4, -0.2) is 22.3 Å². The fourth-order valence-corrected chi connectivity index (χ4v) is 4.61. The zero-order valence-corrected chi connectivity index (χ0v) is 21.8. The highest BCUT2D eigenvalue weighted by Gasteiger charge is 2.03. The topological polar surface area (TPSA) is 57.5 Å². The predicted octanol–water partition coefficient (Wildman–Crippen LogP) is 9.59. The lowest BCUT2D eigenvalue weighted by Gasteiger charge is -2.10. The summed E-state index contributed by atoms with van der Waals surface area (Å²) in [5.74, 6) is -0.656. The molecule has 0 aromatic rings. The summed E-state index contributed by atoms with van der Waals surface area (Å²) >= 11 is 0. The molecule has 3 nitrogen and oxygen atoms in total. The summed E-state index contributed by atoms with van der Waals surface area (Å²) in [7, 11) is 0. The molecule has 0 heterocycles. The number of rotatable bonds is 27. The second-order valence-electron chi connectivity index (χ2n) is 10.2. The zero-order valence-electron chi connectivity index (χ0n) is 21.8. The molecular weight excluding hydrogens is 396 g/mol. The molecule has 0 aliphatic heterocycles. The maximum absolute atomic E-state index is 10.4. The highest BCUT2D eigenvalue weighted by Crippen LogP contribution is 2.16. The first-order chi connectivity index (χ1) is 15.7. The molecule has 0 radical (unpaired) electrons. The van der Waals surface area contributed by atoms with Crippen molar-refractivity contribution in [2.75, 3.05) is 0 Å².